The van der Waals surface area contributed by atoms with Crippen molar-refractivity contribution < 1.29 is 91.1 Å². The third-order valence-corrected chi connectivity index (χ3v) is 5.97. The van der Waals surface area contributed by atoms with Crippen molar-refractivity contribution in [1.82, 2.24) is 0 Å². The summed E-state index contributed by atoms with van der Waals surface area (Å²) in [5.74, 6) is -6.02. The van der Waals surface area contributed by atoms with E-state index in [1.807, 2.05) is 0 Å². The third-order valence-electron chi connectivity index (χ3n) is 5.97. The van der Waals surface area contributed by atoms with E-state index in [4.69, 9.17) is 47.4 Å². The van der Waals surface area contributed by atoms with E-state index in [9.17, 15) is 38.8 Å². The van der Waals surface area contributed by atoms with Crippen LogP contribution in [0.3, 0.4) is 0 Å². The standard InChI is InChI=1S/C26H36O19/c1-10(27)35-8-17-20(38-12(3)29)22(40-14(5)31)24(45-34)25(43-17)36-9-18-19(37-11(2)28)21(39-13(4)30)23(41-15(6)32)26(44-18)42-16(7)33/h17-26,34H,8-9H2,1-7H3/t17-,18-,19-,20-,21+,22+,23-,24-,25-,26-/m1/s1. The van der Waals surface area contributed by atoms with Crippen LogP contribution in [0.4, 0.5) is 0 Å². The van der Waals surface area contributed by atoms with Crippen LogP contribution in [0.15, 0.2) is 0 Å². The van der Waals surface area contributed by atoms with Crippen LogP contribution in [-0.2, 0) is 85.8 Å². The topological polar surface area (TPSA) is 241 Å². The Morgan fingerprint density at radius 2 is 0.844 bits per heavy atom. The Labute approximate surface area is 256 Å². The first-order valence-electron chi connectivity index (χ1n) is 13.4. The van der Waals surface area contributed by atoms with E-state index < -0.39 is 116 Å². The predicted molar refractivity (Wildman–Crippen MR) is 137 cm³/mol. The van der Waals surface area contributed by atoms with E-state index in [1.54, 1.807) is 0 Å². The Hall–Kier alpha value is -3.91. The summed E-state index contributed by atoms with van der Waals surface area (Å²) in [6, 6.07) is 0. The highest BCUT2D eigenvalue weighted by Crippen LogP contribution is 2.33. The molecular weight excluding hydrogens is 616 g/mol. The summed E-state index contributed by atoms with van der Waals surface area (Å²) in [6.07, 6.45) is -15.7. The van der Waals surface area contributed by atoms with Gasteiger partial charge in [0.2, 0.25) is 12.4 Å². The van der Waals surface area contributed by atoms with Gasteiger partial charge in [0.1, 0.15) is 18.8 Å². The first-order valence-corrected chi connectivity index (χ1v) is 13.4. The van der Waals surface area contributed by atoms with Crippen LogP contribution in [0.5, 0.6) is 0 Å². The average Bonchev–Trinajstić information content (AvgIpc) is 2.89. The lowest BCUT2D eigenvalue weighted by Crippen LogP contribution is -2.64. The van der Waals surface area contributed by atoms with E-state index in [-0.39, 0.29) is 0 Å². The molecule has 2 heterocycles. The van der Waals surface area contributed by atoms with E-state index in [2.05, 4.69) is 4.89 Å². The van der Waals surface area contributed by atoms with Gasteiger partial charge in [-0.25, -0.2) is 4.89 Å². The third kappa shape index (κ3) is 11.2. The van der Waals surface area contributed by atoms with Gasteiger partial charge in [0.05, 0.1) is 6.61 Å². The molecular formula is C26H36O19. The van der Waals surface area contributed by atoms with E-state index >= 15 is 0 Å². The maximum Gasteiger partial charge on any atom is 0.305 e. The van der Waals surface area contributed by atoms with Gasteiger partial charge in [-0.15, -0.1) is 0 Å². The van der Waals surface area contributed by atoms with Crippen LogP contribution in [0, 0.1) is 0 Å². The molecule has 2 fully saturated rings. The molecule has 2 aliphatic rings. The Kier molecular flexibility index (Phi) is 14.1. The lowest BCUT2D eigenvalue weighted by molar-refractivity contribution is -0.392. The fourth-order valence-electron chi connectivity index (χ4n) is 4.56. The zero-order chi connectivity index (χ0) is 34.0. The first kappa shape index (κ1) is 37.3. The quantitative estimate of drug-likeness (QED) is 0.116. The van der Waals surface area contributed by atoms with Crippen molar-refractivity contribution in [3.63, 3.8) is 0 Å². The van der Waals surface area contributed by atoms with Gasteiger partial charge in [-0.05, 0) is 0 Å². The highest BCUT2D eigenvalue weighted by Gasteiger charge is 2.55. The van der Waals surface area contributed by atoms with Crippen molar-refractivity contribution in [2.45, 2.75) is 110 Å². The summed E-state index contributed by atoms with van der Waals surface area (Å²) in [5, 5.41) is 9.77. The van der Waals surface area contributed by atoms with Gasteiger partial charge in [0, 0.05) is 48.5 Å². The zero-order valence-corrected chi connectivity index (χ0v) is 25.5. The summed E-state index contributed by atoms with van der Waals surface area (Å²) < 4.78 is 53.8. The monoisotopic (exact) mass is 652 g/mol. The minimum absolute atomic E-state index is 0.536. The van der Waals surface area contributed by atoms with Crippen molar-refractivity contribution in [3.05, 3.63) is 0 Å². The second-order valence-corrected chi connectivity index (χ2v) is 9.77. The SMILES string of the molecule is CC(=O)OC[C@H]1O[C@@H](OC[C@H]2O[C@@H](OC(C)=O)[C@H](OC(C)=O)[C@@H](OC(C)=O)[C@@H]2OC(C)=O)[C@H](OO)[C@@H](OC(C)=O)[C@@H]1OC(C)=O. The minimum Gasteiger partial charge on any atom is -0.463 e. The molecule has 0 aliphatic carbocycles. The van der Waals surface area contributed by atoms with Crippen LogP contribution >= 0.6 is 0 Å². The van der Waals surface area contributed by atoms with Crippen LogP contribution in [0.25, 0.3) is 0 Å². The molecule has 0 spiro atoms. The van der Waals surface area contributed by atoms with Crippen molar-refractivity contribution in [1.29, 1.82) is 0 Å². The number of carbonyl (C=O) groups excluding carboxylic acids is 7. The smallest absolute Gasteiger partial charge is 0.305 e. The number of ether oxygens (including phenoxy) is 10. The molecule has 19 nitrogen and oxygen atoms in total. The van der Waals surface area contributed by atoms with Crippen LogP contribution in [0.2, 0.25) is 0 Å². The lowest BCUT2D eigenvalue weighted by Gasteiger charge is -2.45. The van der Waals surface area contributed by atoms with Crippen molar-refractivity contribution in [2.75, 3.05) is 13.2 Å². The van der Waals surface area contributed by atoms with Gasteiger partial charge in [-0.1, -0.05) is 0 Å². The fourth-order valence-corrected chi connectivity index (χ4v) is 4.56. The van der Waals surface area contributed by atoms with Gasteiger partial charge in [0.15, 0.2) is 36.8 Å². The number of hydrogen-bond acceptors (Lipinski definition) is 19. The largest absolute Gasteiger partial charge is 0.463 e. The van der Waals surface area contributed by atoms with Gasteiger partial charge >= 0.3 is 41.8 Å². The molecule has 0 bridgehead atoms. The van der Waals surface area contributed by atoms with E-state index in [1.165, 1.54) is 0 Å². The number of hydrogen-bond donors (Lipinski definition) is 1. The molecule has 0 saturated carbocycles. The average molecular weight is 653 g/mol. The number of esters is 7. The van der Waals surface area contributed by atoms with Gasteiger partial charge in [-0.3, -0.25) is 38.8 Å². The maximum atomic E-state index is 12.1. The van der Waals surface area contributed by atoms with Crippen molar-refractivity contribution in [3.8, 4) is 0 Å². The van der Waals surface area contributed by atoms with Crippen molar-refractivity contribution >= 4 is 41.8 Å². The molecule has 0 aromatic carbocycles. The molecule has 0 aromatic rings. The Balaban J connectivity index is 2.49. The molecule has 0 radical (unpaired) electrons. The molecule has 19 heteroatoms. The van der Waals surface area contributed by atoms with Gasteiger partial charge < -0.3 is 47.4 Å². The molecule has 2 aliphatic heterocycles. The molecule has 0 aromatic heterocycles. The summed E-state index contributed by atoms with van der Waals surface area (Å²) in [6.45, 7) is 6.05. The molecule has 2 rings (SSSR count). The Morgan fingerprint density at radius 1 is 0.467 bits per heavy atom. The molecule has 2 saturated heterocycles. The van der Waals surface area contributed by atoms with Crippen LogP contribution < -0.4 is 0 Å². The summed E-state index contributed by atoms with van der Waals surface area (Å²) in [7, 11) is 0. The summed E-state index contributed by atoms with van der Waals surface area (Å²) >= 11 is 0. The zero-order valence-electron chi connectivity index (χ0n) is 25.5. The van der Waals surface area contributed by atoms with E-state index in [0.717, 1.165) is 48.5 Å². The van der Waals surface area contributed by atoms with E-state index in [0.29, 0.717) is 0 Å². The normalized spacial score (nSPS) is 31.0. The van der Waals surface area contributed by atoms with Gasteiger partial charge in [-0.2, -0.15) is 0 Å². The molecule has 0 unspecified atom stereocenters. The first-order chi connectivity index (χ1) is 21.0. The summed E-state index contributed by atoms with van der Waals surface area (Å²) in [5.41, 5.74) is 0. The number of rotatable bonds is 12. The molecule has 45 heavy (non-hydrogen) atoms. The van der Waals surface area contributed by atoms with Crippen molar-refractivity contribution in [2.24, 2.45) is 0 Å². The Bertz CT molecular complexity index is 1110. The van der Waals surface area contributed by atoms with Gasteiger partial charge in [0.25, 0.3) is 0 Å². The predicted octanol–water partition coefficient (Wildman–Crippen LogP) is -0.904. The highest BCUT2D eigenvalue weighted by molar-refractivity contribution is 5.69. The lowest BCUT2D eigenvalue weighted by atomic mass is 9.97. The number of carbonyl (C=O) groups is 7. The second-order valence-electron chi connectivity index (χ2n) is 9.77. The molecule has 254 valence electrons. The maximum absolute atomic E-state index is 12.1. The van der Waals surface area contributed by atoms with Crippen LogP contribution in [-0.4, -0.2) is 122 Å². The molecule has 0 amide bonds. The fraction of sp³-hybridized carbons (Fsp3) is 0.731. The highest BCUT2D eigenvalue weighted by atomic mass is 17.1. The van der Waals surface area contributed by atoms with Crippen LogP contribution in [0.1, 0.15) is 48.5 Å². The molecule has 1 N–H and O–H groups in total. The summed E-state index contributed by atoms with van der Waals surface area (Å²) in [4.78, 5) is 87.6. The molecule has 10 atom stereocenters. The minimum atomic E-state index is -1.70. The second kappa shape index (κ2) is 17.0. The Morgan fingerprint density at radius 3 is 1.27 bits per heavy atom.